The highest BCUT2D eigenvalue weighted by molar-refractivity contribution is 7.09. The number of hydrogen-bond acceptors (Lipinski definition) is 4. The number of carbonyl (C=O) groups is 1. The number of amides is 1. The number of thiazole rings is 1. The molecule has 2 rings (SSSR count). The molecule has 1 heterocycles. The van der Waals surface area contributed by atoms with Crippen molar-refractivity contribution in [3.63, 3.8) is 0 Å². The summed E-state index contributed by atoms with van der Waals surface area (Å²) in [5, 5.41) is 2.83. The zero-order chi connectivity index (χ0) is 14.9. The Labute approximate surface area is 121 Å². The fourth-order valence-corrected chi connectivity index (χ4v) is 2.56. The summed E-state index contributed by atoms with van der Waals surface area (Å²) in [5.41, 5.74) is 7.21. The summed E-state index contributed by atoms with van der Waals surface area (Å²) < 4.78 is 14.0. The Morgan fingerprint density at radius 2 is 2.15 bits per heavy atom. The molecule has 4 nitrogen and oxygen atoms in total. The van der Waals surface area contributed by atoms with Gasteiger partial charge in [-0.2, -0.15) is 0 Å². The number of aromatic nitrogens is 1. The van der Waals surface area contributed by atoms with Gasteiger partial charge < -0.3 is 10.6 Å². The fourth-order valence-electron chi connectivity index (χ4n) is 1.95. The first-order valence-corrected chi connectivity index (χ1v) is 6.98. The Hall–Kier alpha value is -1.95. The number of rotatable bonds is 3. The zero-order valence-electron chi connectivity index (χ0n) is 11.6. The van der Waals surface area contributed by atoms with Gasteiger partial charge in [0, 0.05) is 18.1 Å². The van der Waals surface area contributed by atoms with Crippen molar-refractivity contribution in [3.05, 3.63) is 45.2 Å². The third-order valence-electron chi connectivity index (χ3n) is 2.92. The van der Waals surface area contributed by atoms with Crippen LogP contribution in [-0.2, 0) is 6.54 Å². The zero-order valence-corrected chi connectivity index (χ0v) is 12.4. The lowest BCUT2D eigenvalue weighted by Crippen LogP contribution is -2.27. The van der Waals surface area contributed by atoms with Crippen LogP contribution in [0.3, 0.4) is 0 Å². The molecule has 1 aromatic carbocycles. The monoisotopic (exact) mass is 293 g/mol. The molecule has 106 valence electrons. The lowest BCUT2D eigenvalue weighted by atomic mass is 10.1. The quantitative estimate of drug-likeness (QED) is 0.885. The first-order valence-electron chi connectivity index (χ1n) is 6.10. The third-order valence-corrected chi connectivity index (χ3v) is 3.74. The molecule has 0 radical (unpaired) electrons. The lowest BCUT2D eigenvalue weighted by Gasteiger charge is -2.17. The van der Waals surface area contributed by atoms with Gasteiger partial charge >= 0.3 is 0 Å². The highest BCUT2D eigenvalue weighted by Crippen LogP contribution is 2.19. The summed E-state index contributed by atoms with van der Waals surface area (Å²) in [7, 11) is 1.62. The molecule has 1 amide bonds. The van der Waals surface area contributed by atoms with Crippen LogP contribution < -0.4 is 5.73 Å². The molecule has 0 fully saturated rings. The van der Waals surface area contributed by atoms with E-state index in [0.717, 1.165) is 10.7 Å². The summed E-state index contributed by atoms with van der Waals surface area (Å²) in [4.78, 5) is 18.0. The first kappa shape index (κ1) is 14.5. The molecule has 2 N–H and O–H groups in total. The summed E-state index contributed by atoms with van der Waals surface area (Å²) in [6, 6.07) is 2.88. The molecular formula is C14H16FN3OS. The van der Waals surface area contributed by atoms with E-state index in [1.807, 2.05) is 12.3 Å². The minimum absolute atomic E-state index is 0.00282. The maximum absolute atomic E-state index is 14.0. The lowest BCUT2D eigenvalue weighted by molar-refractivity contribution is 0.0779. The van der Waals surface area contributed by atoms with Crippen molar-refractivity contribution in [1.29, 1.82) is 0 Å². The highest BCUT2D eigenvalue weighted by Gasteiger charge is 2.19. The molecule has 0 aliphatic rings. The van der Waals surface area contributed by atoms with Crippen molar-refractivity contribution in [2.75, 3.05) is 12.8 Å². The predicted octanol–water partition coefficient (Wildman–Crippen LogP) is 2.75. The van der Waals surface area contributed by atoms with Crippen molar-refractivity contribution in [2.45, 2.75) is 20.4 Å². The smallest absolute Gasteiger partial charge is 0.257 e. The molecule has 0 aliphatic carbocycles. The van der Waals surface area contributed by atoms with Crippen LogP contribution in [0.25, 0.3) is 0 Å². The second-order valence-electron chi connectivity index (χ2n) is 4.72. The van der Waals surface area contributed by atoms with E-state index in [0.29, 0.717) is 17.8 Å². The number of nitrogen functional groups attached to an aromatic ring is 1. The van der Waals surface area contributed by atoms with Crippen molar-refractivity contribution in [3.8, 4) is 0 Å². The van der Waals surface area contributed by atoms with Gasteiger partial charge in [-0.15, -0.1) is 11.3 Å². The average Bonchev–Trinajstić information content (AvgIpc) is 2.78. The van der Waals surface area contributed by atoms with Crippen LogP contribution in [0.1, 0.15) is 26.6 Å². The molecule has 0 unspecified atom stereocenters. The number of hydrogen-bond donors (Lipinski definition) is 1. The Bertz CT molecular complexity index is 654. The summed E-state index contributed by atoms with van der Waals surface area (Å²) >= 11 is 1.52. The van der Waals surface area contributed by atoms with Gasteiger partial charge in [0.2, 0.25) is 0 Å². The van der Waals surface area contributed by atoms with Crippen LogP contribution >= 0.6 is 11.3 Å². The normalized spacial score (nSPS) is 10.6. The van der Waals surface area contributed by atoms with E-state index in [1.165, 1.54) is 28.4 Å². The van der Waals surface area contributed by atoms with Crippen molar-refractivity contribution in [1.82, 2.24) is 9.88 Å². The number of aryl methyl sites for hydroxylation is 2. The van der Waals surface area contributed by atoms with E-state index in [9.17, 15) is 9.18 Å². The molecule has 2 aromatic rings. The van der Waals surface area contributed by atoms with Gasteiger partial charge in [0.25, 0.3) is 5.91 Å². The van der Waals surface area contributed by atoms with Crippen molar-refractivity contribution >= 4 is 22.9 Å². The number of benzene rings is 1. The van der Waals surface area contributed by atoms with E-state index in [1.54, 1.807) is 14.0 Å². The van der Waals surface area contributed by atoms with Gasteiger partial charge in [0.15, 0.2) is 0 Å². The van der Waals surface area contributed by atoms with E-state index in [-0.39, 0.29) is 5.56 Å². The number of nitrogens with zero attached hydrogens (tertiary/aromatic N) is 2. The molecule has 20 heavy (non-hydrogen) atoms. The molecular weight excluding hydrogens is 277 g/mol. The van der Waals surface area contributed by atoms with Crippen LogP contribution in [-0.4, -0.2) is 22.8 Å². The Kier molecular flexibility index (Phi) is 4.04. The minimum Gasteiger partial charge on any atom is -0.399 e. The second kappa shape index (κ2) is 5.58. The SMILES string of the molecule is Cc1nc(CN(C)C(=O)c2cc(N)cc(C)c2F)cs1. The third kappa shape index (κ3) is 2.96. The van der Waals surface area contributed by atoms with Crippen LogP contribution in [0.15, 0.2) is 17.5 Å². The van der Waals surface area contributed by atoms with Crippen LogP contribution in [0.2, 0.25) is 0 Å². The second-order valence-corrected chi connectivity index (χ2v) is 5.78. The van der Waals surface area contributed by atoms with Gasteiger partial charge in [-0.1, -0.05) is 0 Å². The number of carbonyl (C=O) groups excluding carboxylic acids is 1. The number of halogens is 1. The first-order chi connectivity index (χ1) is 9.38. The maximum atomic E-state index is 14.0. The molecule has 0 saturated heterocycles. The van der Waals surface area contributed by atoms with Crippen LogP contribution in [0.4, 0.5) is 10.1 Å². The van der Waals surface area contributed by atoms with Crippen LogP contribution in [0.5, 0.6) is 0 Å². The van der Waals surface area contributed by atoms with E-state index >= 15 is 0 Å². The maximum Gasteiger partial charge on any atom is 0.257 e. The van der Waals surface area contributed by atoms with Gasteiger partial charge in [-0.3, -0.25) is 4.79 Å². The Balaban J connectivity index is 2.22. The fraction of sp³-hybridized carbons (Fsp3) is 0.286. The standard InChI is InChI=1S/C14H16FN3OS/c1-8-4-10(16)5-12(13(8)15)14(19)18(3)6-11-7-20-9(2)17-11/h4-5,7H,6,16H2,1-3H3. The number of nitrogens with two attached hydrogens (primary N) is 1. The predicted molar refractivity (Wildman–Crippen MR) is 78.2 cm³/mol. The summed E-state index contributed by atoms with van der Waals surface area (Å²) in [5.74, 6) is -0.922. The van der Waals surface area contributed by atoms with Gasteiger partial charge in [-0.25, -0.2) is 9.37 Å². The number of anilines is 1. The Morgan fingerprint density at radius 1 is 1.45 bits per heavy atom. The molecule has 1 aromatic heterocycles. The van der Waals surface area contributed by atoms with Gasteiger partial charge in [0.05, 0.1) is 22.8 Å². The van der Waals surface area contributed by atoms with Crippen molar-refractivity contribution < 1.29 is 9.18 Å². The van der Waals surface area contributed by atoms with E-state index in [4.69, 9.17) is 5.73 Å². The Morgan fingerprint density at radius 3 is 2.75 bits per heavy atom. The highest BCUT2D eigenvalue weighted by atomic mass is 32.1. The van der Waals surface area contributed by atoms with E-state index in [2.05, 4.69) is 4.98 Å². The summed E-state index contributed by atoms with van der Waals surface area (Å²) in [6.45, 7) is 3.83. The molecule has 0 atom stereocenters. The topological polar surface area (TPSA) is 59.2 Å². The van der Waals surface area contributed by atoms with Gasteiger partial charge in [-0.05, 0) is 31.5 Å². The van der Waals surface area contributed by atoms with Gasteiger partial charge in [0.1, 0.15) is 5.82 Å². The molecule has 0 saturated carbocycles. The average molecular weight is 293 g/mol. The van der Waals surface area contributed by atoms with Crippen LogP contribution in [0, 0.1) is 19.7 Å². The molecule has 0 aliphatic heterocycles. The van der Waals surface area contributed by atoms with Crippen molar-refractivity contribution in [2.24, 2.45) is 0 Å². The molecule has 0 spiro atoms. The van der Waals surface area contributed by atoms with E-state index < -0.39 is 11.7 Å². The minimum atomic E-state index is -0.523. The molecule has 0 bridgehead atoms. The largest absolute Gasteiger partial charge is 0.399 e. The molecule has 6 heteroatoms. The summed E-state index contributed by atoms with van der Waals surface area (Å²) in [6.07, 6.45) is 0.